The lowest BCUT2D eigenvalue weighted by molar-refractivity contribution is -0.144. The van der Waals surface area contributed by atoms with Gasteiger partial charge >= 0.3 is 12.1 Å². The van der Waals surface area contributed by atoms with Crippen LogP contribution in [-0.4, -0.2) is 27.0 Å². The lowest BCUT2D eigenvalue weighted by Crippen LogP contribution is -2.50. The molecule has 1 aromatic carbocycles. The standard InChI is InChI=1S/C16H14F3N3O4/c1-8-20-11(7-12(23)21-8)13(24)22-15(2,14(25)26)9-3-5-10(6-4-9)16(17,18)19/h3-7H,1-2H3,(H,22,24)(H,25,26)(H,20,21,23). The number of carbonyl (C=O) groups excluding carboxylic acids is 1. The molecule has 0 aliphatic rings. The van der Waals surface area contributed by atoms with Gasteiger partial charge in [0.25, 0.3) is 11.5 Å². The number of aryl methyl sites for hydroxylation is 1. The summed E-state index contributed by atoms with van der Waals surface area (Å²) >= 11 is 0. The van der Waals surface area contributed by atoms with Crippen molar-refractivity contribution in [3.05, 3.63) is 63.3 Å². The monoisotopic (exact) mass is 369 g/mol. The van der Waals surface area contributed by atoms with E-state index in [-0.39, 0.29) is 17.1 Å². The van der Waals surface area contributed by atoms with Crippen LogP contribution in [0.5, 0.6) is 0 Å². The molecular weight excluding hydrogens is 355 g/mol. The number of hydrogen-bond acceptors (Lipinski definition) is 4. The number of H-pyrrole nitrogens is 1. The molecule has 1 unspecified atom stereocenters. The molecule has 10 heteroatoms. The number of amides is 1. The number of benzene rings is 1. The van der Waals surface area contributed by atoms with Crippen LogP contribution in [0.3, 0.4) is 0 Å². The lowest BCUT2D eigenvalue weighted by Gasteiger charge is -2.27. The molecule has 138 valence electrons. The number of halogens is 3. The molecule has 0 saturated carbocycles. The van der Waals surface area contributed by atoms with E-state index in [9.17, 15) is 32.7 Å². The minimum atomic E-state index is -4.58. The number of rotatable bonds is 4. The van der Waals surface area contributed by atoms with Crippen molar-refractivity contribution in [2.75, 3.05) is 0 Å². The van der Waals surface area contributed by atoms with Gasteiger partial charge in [0.1, 0.15) is 11.5 Å². The number of carbonyl (C=O) groups is 2. The molecule has 0 radical (unpaired) electrons. The third-order valence-electron chi connectivity index (χ3n) is 3.67. The number of carboxylic acid groups (broad SMARTS) is 1. The first-order valence-electron chi connectivity index (χ1n) is 7.25. The Morgan fingerprint density at radius 2 is 1.69 bits per heavy atom. The molecule has 1 atom stereocenters. The second-order valence-corrected chi connectivity index (χ2v) is 5.68. The van der Waals surface area contributed by atoms with Crippen molar-refractivity contribution in [3.63, 3.8) is 0 Å². The molecule has 2 aromatic rings. The van der Waals surface area contributed by atoms with Gasteiger partial charge in [0.05, 0.1) is 5.56 Å². The number of nitrogens with one attached hydrogen (secondary N) is 2. The van der Waals surface area contributed by atoms with E-state index < -0.39 is 34.7 Å². The first kappa shape index (κ1) is 19.2. The Labute approximate surface area is 144 Å². The number of carboxylic acids is 1. The SMILES string of the molecule is Cc1nc(C(=O)NC(C)(C(=O)O)c2ccc(C(F)(F)F)cc2)cc(=O)[nH]1. The topological polar surface area (TPSA) is 112 Å². The van der Waals surface area contributed by atoms with Crippen LogP contribution in [0, 0.1) is 6.92 Å². The Morgan fingerprint density at radius 1 is 1.15 bits per heavy atom. The molecule has 0 saturated heterocycles. The largest absolute Gasteiger partial charge is 0.479 e. The molecular formula is C16H14F3N3O4. The van der Waals surface area contributed by atoms with Crippen molar-refractivity contribution in [2.24, 2.45) is 0 Å². The van der Waals surface area contributed by atoms with Gasteiger partial charge in [0.2, 0.25) is 0 Å². The van der Waals surface area contributed by atoms with Gasteiger partial charge in [-0.3, -0.25) is 9.59 Å². The average Bonchev–Trinajstić information content (AvgIpc) is 2.53. The lowest BCUT2D eigenvalue weighted by atomic mass is 9.91. The Morgan fingerprint density at radius 3 is 2.15 bits per heavy atom. The van der Waals surface area contributed by atoms with Gasteiger partial charge in [-0.25, -0.2) is 9.78 Å². The van der Waals surface area contributed by atoms with Gasteiger partial charge in [0.15, 0.2) is 5.54 Å². The van der Waals surface area contributed by atoms with E-state index in [2.05, 4.69) is 15.3 Å². The zero-order valence-corrected chi connectivity index (χ0v) is 13.6. The maximum absolute atomic E-state index is 12.7. The van der Waals surface area contributed by atoms with E-state index in [1.54, 1.807) is 0 Å². The van der Waals surface area contributed by atoms with Crippen LogP contribution in [0.1, 0.15) is 34.4 Å². The Kier molecular flexibility index (Phi) is 4.88. The van der Waals surface area contributed by atoms with Crippen LogP contribution >= 0.6 is 0 Å². The first-order chi connectivity index (χ1) is 11.9. The summed E-state index contributed by atoms with van der Waals surface area (Å²) in [6.07, 6.45) is -4.58. The number of aromatic amines is 1. The molecule has 0 fully saturated rings. The fraction of sp³-hybridized carbons (Fsp3) is 0.250. The normalized spacial score (nSPS) is 13.7. The smallest absolute Gasteiger partial charge is 0.416 e. The maximum Gasteiger partial charge on any atom is 0.416 e. The molecule has 26 heavy (non-hydrogen) atoms. The van der Waals surface area contributed by atoms with Crippen LogP contribution in [0.4, 0.5) is 13.2 Å². The Hall–Kier alpha value is -3.17. The van der Waals surface area contributed by atoms with Crippen molar-refractivity contribution in [3.8, 4) is 0 Å². The molecule has 0 bridgehead atoms. The number of nitrogens with zero attached hydrogens (tertiary/aromatic N) is 1. The van der Waals surface area contributed by atoms with Gasteiger partial charge in [-0.05, 0) is 31.5 Å². The highest BCUT2D eigenvalue weighted by Gasteiger charge is 2.38. The highest BCUT2D eigenvalue weighted by atomic mass is 19.4. The average molecular weight is 369 g/mol. The Balaban J connectivity index is 2.39. The summed E-state index contributed by atoms with van der Waals surface area (Å²) in [7, 11) is 0. The van der Waals surface area contributed by atoms with E-state index >= 15 is 0 Å². The Bertz CT molecular complexity index is 906. The summed E-state index contributed by atoms with van der Waals surface area (Å²) in [4.78, 5) is 41.5. The van der Waals surface area contributed by atoms with Crippen LogP contribution < -0.4 is 10.9 Å². The van der Waals surface area contributed by atoms with Gasteiger partial charge in [-0.1, -0.05) is 12.1 Å². The van der Waals surface area contributed by atoms with Gasteiger partial charge in [-0.2, -0.15) is 13.2 Å². The first-order valence-corrected chi connectivity index (χ1v) is 7.25. The molecule has 2 rings (SSSR count). The van der Waals surface area contributed by atoms with E-state index in [1.165, 1.54) is 6.92 Å². The molecule has 0 spiro atoms. The zero-order valence-electron chi connectivity index (χ0n) is 13.6. The van der Waals surface area contributed by atoms with E-state index in [4.69, 9.17) is 0 Å². The number of hydrogen-bond donors (Lipinski definition) is 3. The summed E-state index contributed by atoms with van der Waals surface area (Å²) in [6.45, 7) is 2.56. The third-order valence-corrected chi connectivity index (χ3v) is 3.67. The summed E-state index contributed by atoms with van der Waals surface area (Å²) in [5, 5.41) is 11.7. The molecule has 3 N–H and O–H groups in total. The van der Waals surface area contributed by atoms with Crippen LogP contribution in [0.2, 0.25) is 0 Å². The van der Waals surface area contributed by atoms with E-state index in [0.29, 0.717) is 0 Å². The number of aliphatic carboxylic acids is 1. The van der Waals surface area contributed by atoms with Gasteiger partial charge in [-0.15, -0.1) is 0 Å². The molecule has 1 amide bonds. The second kappa shape index (κ2) is 6.62. The summed E-state index contributed by atoms with van der Waals surface area (Å²) < 4.78 is 38.0. The van der Waals surface area contributed by atoms with Crippen LogP contribution in [0.25, 0.3) is 0 Å². The number of aromatic nitrogens is 2. The third kappa shape index (κ3) is 3.90. The predicted octanol–water partition coefficient (Wildman–Crippen LogP) is 1.83. The molecule has 1 heterocycles. The molecule has 0 aliphatic heterocycles. The summed E-state index contributed by atoms with van der Waals surface area (Å²) in [6, 6.07) is 4.26. The van der Waals surface area contributed by atoms with Gasteiger partial charge in [0, 0.05) is 6.07 Å². The van der Waals surface area contributed by atoms with Crippen molar-refractivity contribution < 1.29 is 27.9 Å². The van der Waals surface area contributed by atoms with Crippen molar-refractivity contribution >= 4 is 11.9 Å². The fourth-order valence-electron chi connectivity index (χ4n) is 2.23. The molecule has 0 aliphatic carbocycles. The summed E-state index contributed by atoms with van der Waals surface area (Å²) in [5.74, 6) is -2.30. The highest BCUT2D eigenvalue weighted by molar-refractivity contribution is 5.96. The van der Waals surface area contributed by atoms with Gasteiger partial charge < -0.3 is 15.4 Å². The highest BCUT2D eigenvalue weighted by Crippen LogP contribution is 2.31. The van der Waals surface area contributed by atoms with Crippen LogP contribution in [0.15, 0.2) is 35.1 Å². The zero-order chi connectivity index (χ0) is 19.7. The van der Waals surface area contributed by atoms with Crippen LogP contribution in [-0.2, 0) is 16.5 Å². The molecule has 1 aromatic heterocycles. The van der Waals surface area contributed by atoms with E-state index in [0.717, 1.165) is 37.3 Å². The number of alkyl halides is 3. The van der Waals surface area contributed by atoms with Crippen molar-refractivity contribution in [1.29, 1.82) is 0 Å². The maximum atomic E-state index is 12.7. The summed E-state index contributed by atoms with van der Waals surface area (Å²) in [5.41, 5.74) is -3.97. The second-order valence-electron chi connectivity index (χ2n) is 5.68. The van der Waals surface area contributed by atoms with Crippen molar-refractivity contribution in [1.82, 2.24) is 15.3 Å². The fourth-order valence-corrected chi connectivity index (χ4v) is 2.23. The van der Waals surface area contributed by atoms with E-state index in [1.807, 2.05) is 0 Å². The quantitative estimate of drug-likeness (QED) is 0.761. The predicted molar refractivity (Wildman–Crippen MR) is 83.5 cm³/mol. The van der Waals surface area contributed by atoms with Crippen molar-refractivity contribution in [2.45, 2.75) is 25.6 Å². The molecule has 7 nitrogen and oxygen atoms in total. The minimum absolute atomic E-state index is 0.0760. The minimum Gasteiger partial charge on any atom is -0.479 e.